The molecule has 39 heavy (non-hydrogen) atoms. The number of nitrogens with zero attached hydrogens (tertiary/aromatic N) is 3. The third kappa shape index (κ3) is 7.14. The van der Waals surface area contributed by atoms with Gasteiger partial charge in [-0.2, -0.15) is 0 Å². The highest BCUT2D eigenvalue weighted by Crippen LogP contribution is 2.19. The first kappa shape index (κ1) is 27.7. The van der Waals surface area contributed by atoms with Gasteiger partial charge in [-0.25, -0.2) is 0 Å². The van der Waals surface area contributed by atoms with Crippen molar-refractivity contribution in [3.8, 4) is 0 Å². The van der Waals surface area contributed by atoms with Crippen LogP contribution in [0.5, 0.6) is 0 Å². The summed E-state index contributed by atoms with van der Waals surface area (Å²) in [6.07, 6.45) is 0.278. The maximum Gasteiger partial charge on any atom is 0.254 e. The van der Waals surface area contributed by atoms with Crippen LogP contribution in [0, 0.1) is 0 Å². The molecule has 202 valence electrons. The highest BCUT2D eigenvalue weighted by molar-refractivity contribution is 6.30. The average Bonchev–Trinajstić information content (AvgIpc) is 2.93. The lowest BCUT2D eigenvalue weighted by Gasteiger charge is -2.34. The van der Waals surface area contributed by atoms with E-state index in [0.29, 0.717) is 22.0 Å². The second kappa shape index (κ2) is 12.4. The smallest absolute Gasteiger partial charge is 0.254 e. The monoisotopic (exact) mass is 547 g/mol. The number of anilines is 2. The van der Waals surface area contributed by atoms with Crippen molar-refractivity contribution in [3.63, 3.8) is 0 Å². The van der Waals surface area contributed by atoms with Crippen LogP contribution in [0.25, 0.3) is 0 Å². The van der Waals surface area contributed by atoms with Gasteiger partial charge in [0.25, 0.3) is 5.91 Å². The summed E-state index contributed by atoms with van der Waals surface area (Å²) in [5.74, 6) is -1.41. The Labute approximate surface area is 232 Å². The summed E-state index contributed by atoms with van der Waals surface area (Å²) in [6.45, 7) is 0.107. The number of nitrogens with two attached hydrogens (primary N) is 1. The quantitative estimate of drug-likeness (QED) is 0.421. The molecule has 1 fully saturated rings. The summed E-state index contributed by atoms with van der Waals surface area (Å²) < 4.78 is 0. The molecule has 1 aliphatic rings. The van der Waals surface area contributed by atoms with Gasteiger partial charge >= 0.3 is 0 Å². The predicted molar refractivity (Wildman–Crippen MR) is 150 cm³/mol. The highest BCUT2D eigenvalue weighted by atomic mass is 35.5. The van der Waals surface area contributed by atoms with E-state index in [0.717, 1.165) is 5.56 Å². The summed E-state index contributed by atoms with van der Waals surface area (Å²) in [7, 11) is 1.63. The molecule has 1 unspecified atom stereocenters. The molecule has 9 nitrogen and oxygen atoms in total. The van der Waals surface area contributed by atoms with Crippen LogP contribution in [-0.2, 0) is 20.8 Å². The van der Waals surface area contributed by atoms with Gasteiger partial charge in [-0.1, -0.05) is 48.0 Å². The minimum atomic E-state index is -0.859. The van der Waals surface area contributed by atoms with Crippen LogP contribution in [0.3, 0.4) is 0 Å². The van der Waals surface area contributed by atoms with E-state index in [1.165, 1.54) is 14.7 Å². The van der Waals surface area contributed by atoms with Crippen molar-refractivity contribution in [3.05, 3.63) is 95.0 Å². The van der Waals surface area contributed by atoms with Gasteiger partial charge in [-0.3, -0.25) is 19.2 Å². The zero-order valence-corrected chi connectivity index (χ0v) is 22.3. The second-order valence-corrected chi connectivity index (χ2v) is 9.79. The van der Waals surface area contributed by atoms with Gasteiger partial charge in [0.05, 0.1) is 6.54 Å². The molecule has 10 heteroatoms. The first-order valence-electron chi connectivity index (χ1n) is 12.5. The molecule has 0 aromatic heterocycles. The molecule has 0 radical (unpaired) electrons. The lowest BCUT2D eigenvalue weighted by Crippen LogP contribution is -2.56. The average molecular weight is 548 g/mol. The molecule has 4 rings (SSSR count). The van der Waals surface area contributed by atoms with Gasteiger partial charge in [0.2, 0.25) is 17.7 Å². The normalized spacial score (nSPS) is 14.1. The zero-order valence-electron chi connectivity index (χ0n) is 21.5. The number of amides is 4. The lowest BCUT2D eigenvalue weighted by atomic mass is 10.0. The number of hydrogen-bond donors (Lipinski definition) is 2. The van der Waals surface area contributed by atoms with Crippen LogP contribution in [0.4, 0.5) is 11.4 Å². The molecule has 3 N–H and O–H groups in total. The van der Waals surface area contributed by atoms with Gasteiger partial charge < -0.3 is 25.8 Å². The Balaban J connectivity index is 1.40. The van der Waals surface area contributed by atoms with Crippen molar-refractivity contribution in [2.45, 2.75) is 12.5 Å². The minimum Gasteiger partial charge on any atom is -0.399 e. The largest absolute Gasteiger partial charge is 0.399 e. The van der Waals surface area contributed by atoms with Gasteiger partial charge in [-0.15, -0.1) is 0 Å². The number of likely N-dealkylation sites (N-methyl/N-ethyl adjacent to an activating group) is 1. The number of hydrogen-bond acceptors (Lipinski definition) is 5. The lowest BCUT2D eigenvalue weighted by molar-refractivity contribution is -0.139. The Bertz CT molecular complexity index is 1350. The minimum absolute atomic E-state index is 0.146. The molecule has 1 heterocycles. The van der Waals surface area contributed by atoms with E-state index in [9.17, 15) is 19.2 Å². The molecule has 0 aliphatic carbocycles. The maximum absolute atomic E-state index is 13.4. The number of carbonyl (C=O) groups is 4. The molecule has 0 spiro atoms. The number of nitrogen functional groups attached to an aromatic ring is 1. The van der Waals surface area contributed by atoms with Crippen molar-refractivity contribution in [2.24, 2.45) is 0 Å². The predicted octanol–water partition coefficient (Wildman–Crippen LogP) is 2.60. The second-order valence-electron chi connectivity index (χ2n) is 9.35. The molecule has 4 amide bonds. The maximum atomic E-state index is 13.4. The molecule has 1 saturated heterocycles. The molecular formula is C29H30ClN5O4. The molecule has 1 aliphatic heterocycles. The standard InChI is InChI=1S/C29H30ClN5O4/c1-33(24-12-10-22(30)11-13-24)29(39)25(16-20-6-3-2-4-7-20)32-26(36)18-34-14-15-35(19-27(34)37)28(38)21-8-5-9-23(31)17-21/h2-13,17,25H,14-16,18-19,31H2,1H3,(H,32,36). The Hall–Kier alpha value is -4.37. The van der Waals surface area contributed by atoms with Crippen molar-refractivity contribution < 1.29 is 19.2 Å². The van der Waals surface area contributed by atoms with E-state index >= 15 is 0 Å². The van der Waals surface area contributed by atoms with Gasteiger partial charge in [0.15, 0.2) is 0 Å². The van der Waals surface area contributed by atoms with Gasteiger partial charge in [-0.05, 0) is 48.0 Å². The van der Waals surface area contributed by atoms with Crippen molar-refractivity contribution >= 4 is 46.6 Å². The first-order valence-corrected chi connectivity index (χ1v) is 12.9. The van der Waals surface area contributed by atoms with Crippen LogP contribution >= 0.6 is 11.6 Å². The summed E-state index contributed by atoms with van der Waals surface area (Å²) in [5.41, 5.74) is 8.15. The first-order chi connectivity index (χ1) is 18.7. The zero-order chi connectivity index (χ0) is 27.9. The fourth-order valence-corrected chi connectivity index (χ4v) is 4.52. The fourth-order valence-electron chi connectivity index (χ4n) is 4.39. The third-order valence-electron chi connectivity index (χ3n) is 6.53. The molecule has 0 bridgehead atoms. The Morgan fingerprint density at radius 2 is 1.72 bits per heavy atom. The Morgan fingerprint density at radius 1 is 1.00 bits per heavy atom. The van der Waals surface area contributed by atoms with Crippen LogP contribution in [0.15, 0.2) is 78.9 Å². The van der Waals surface area contributed by atoms with Crippen LogP contribution < -0.4 is 16.0 Å². The summed E-state index contributed by atoms with van der Waals surface area (Å²) in [6, 6.07) is 21.9. The number of halogens is 1. The van der Waals surface area contributed by atoms with E-state index in [4.69, 9.17) is 17.3 Å². The topological polar surface area (TPSA) is 116 Å². The molecular weight excluding hydrogens is 518 g/mol. The van der Waals surface area contributed by atoms with Crippen LogP contribution in [0.1, 0.15) is 15.9 Å². The van der Waals surface area contributed by atoms with Crippen molar-refractivity contribution in [2.75, 3.05) is 43.9 Å². The van der Waals surface area contributed by atoms with E-state index in [-0.39, 0.29) is 50.3 Å². The van der Waals surface area contributed by atoms with E-state index in [2.05, 4.69) is 5.32 Å². The third-order valence-corrected chi connectivity index (χ3v) is 6.79. The number of carbonyl (C=O) groups excluding carboxylic acids is 4. The van der Waals surface area contributed by atoms with E-state index in [1.807, 2.05) is 30.3 Å². The molecule has 0 saturated carbocycles. The summed E-state index contributed by atoms with van der Waals surface area (Å²) in [4.78, 5) is 56.4. The molecule has 3 aromatic carbocycles. The van der Waals surface area contributed by atoms with Crippen LogP contribution in [-0.4, -0.2) is 72.7 Å². The summed E-state index contributed by atoms with van der Waals surface area (Å²) in [5, 5.41) is 3.37. The van der Waals surface area contributed by atoms with Crippen molar-refractivity contribution in [1.82, 2.24) is 15.1 Å². The van der Waals surface area contributed by atoms with Crippen LogP contribution in [0.2, 0.25) is 5.02 Å². The van der Waals surface area contributed by atoms with Gasteiger partial charge in [0.1, 0.15) is 12.6 Å². The SMILES string of the molecule is CN(C(=O)C(Cc1ccccc1)NC(=O)CN1CCN(C(=O)c2cccc(N)c2)CC1=O)c1ccc(Cl)cc1. The highest BCUT2D eigenvalue weighted by Gasteiger charge is 2.31. The van der Waals surface area contributed by atoms with Gasteiger partial charge in [0, 0.05) is 48.5 Å². The number of benzene rings is 3. The number of piperazine rings is 1. The molecule has 3 aromatic rings. The summed E-state index contributed by atoms with van der Waals surface area (Å²) >= 11 is 5.98. The number of nitrogens with one attached hydrogen (secondary N) is 1. The Morgan fingerprint density at radius 3 is 2.38 bits per heavy atom. The fraction of sp³-hybridized carbons (Fsp3) is 0.241. The van der Waals surface area contributed by atoms with E-state index < -0.39 is 11.9 Å². The molecule has 1 atom stereocenters. The van der Waals surface area contributed by atoms with E-state index in [1.54, 1.807) is 55.6 Å². The number of rotatable bonds is 8. The van der Waals surface area contributed by atoms with Crippen molar-refractivity contribution in [1.29, 1.82) is 0 Å². The Kier molecular flexibility index (Phi) is 8.83.